The Balaban J connectivity index is 1.58. The highest BCUT2D eigenvalue weighted by Gasteiger charge is 2.36. The van der Waals surface area contributed by atoms with Crippen LogP contribution in [0.2, 0.25) is 0 Å². The van der Waals surface area contributed by atoms with Crippen LogP contribution in [0.3, 0.4) is 0 Å². The zero-order valence-corrected chi connectivity index (χ0v) is 15.2. The Kier molecular flexibility index (Phi) is 4.25. The highest BCUT2D eigenvalue weighted by molar-refractivity contribution is 7.89. The molecule has 1 aliphatic carbocycles. The average molecular weight is 357 g/mol. The molecule has 1 N–H and O–H groups in total. The summed E-state index contributed by atoms with van der Waals surface area (Å²) in [7, 11) is -3.48. The van der Waals surface area contributed by atoms with Crippen molar-refractivity contribution in [1.29, 1.82) is 0 Å². The van der Waals surface area contributed by atoms with Gasteiger partial charge in [-0.05, 0) is 56.4 Å². The van der Waals surface area contributed by atoms with Gasteiger partial charge in [0.1, 0.15) is 5.82 Å². The largest absolute Gasteiger partial charge is 0.367 e. The molecule has 2 fully saturated rings. The molecule has 2 aromatic rings. The molecule has 0 spiro atoms. The number of rotatable bonds is 5. The SMILES string of the molecule is Cc1ccc(S(=O)(=O)N2CCCC2c2ccc(NC3CC3)nc2)cc1. The van der Waals surface area contributed by atoms with Gasteiger partial charge in [0.25, 0.3) is 0 Å². The van der Waals surface area contributed by atoms with Gasteiger partial charge in [0, 0.05) is 18.8 Å². The fraction of sp³-hybridized carbons (Fsp3) is 0.421. The third kappa shape index (κ3) is 3.41. The molecular formula is C19H23N3O2S. The molecule has 25 heavy (non-hydrogen) atoms. The maximum atomic E-state index is 13.0. The number of nitrogens with zero attached hydrogens (tertiary/aromatic N) is 2. The number of hydrogen-bond acceptors (Lipinski definition) is 4. The van der Waals surface area contributed by atoms with Crippen molar-refractivity contribution in [2.24, 2.45) is 0 Å². The third-order valence-electron chi connectivity index (χ3n) is 4.93. The van der Waals surface area contributed by atoms with E-state index in [-0.39, 0.29) is 6.04 Å². The Morgan fingerprint density at radius 2 is 1.84 bits per heavy atom. The first-order valence-electron chi connectivity index (χ1n) is 8.85. The minimum absolute atomic E-state index is 0.131. The number of anilines is 1. The van der Waals surface area contributed by atoms with Crippen LogP contribution in [-0.4, -0.2) is 30.3 Å². The lowest BCUT2D eigenvalue weighted by Crippen LogP contribution is -2.30. The summed E-state index contributed by atoms with van der Waals surface area (Å²) in [6.07, 6.45) is 5.93. The second kappa shape index (κ2) is 6.42. The molecule has 2 heterocycles. The second-order valence-electron chi connectivity index (χ2n) is 6.98. The van der Waals surface area contributed by atoms with Crippen LogP contribution >= 0.6 is 0 Å². The summed E-state index contributed by atoms with van der Waals surface area (Å²) in [6.45, 7) is 2.51. The van der Waals surface area contributed by atoms with Gasteiger partial charge in [-0.3, -0.25) is 0 Å². The molecule has 1 atom stereocenters. The molecule has 1 saturated heterocycles. The van der Waals surface area contributed by atoms with Gasteiger partial charge in [-0.1, -0.05) is 23.8 Å². The van der Waals surface area contributed by atoms with Crippen LogP contribution in [0.1, 0.15) is 42.9 Å². The summed E-state index contributed by atoms with van der Waals surface area (Å²) in [5.41, 5.74) is 2.02. The van der Waals surface area contributed by atoms with E-state index in [1.165, 1.54) is 12.8 Å². The van der Waals surface area contributed by atoms with Crippen molar-refractivity contribution < 1.29 is 8.42 Å². The van der Waals surface area contributed by atoms with Crippen LogP contribution in [0.25, 0.3) is 0 Å². The number of benzene rings is 1. The van der Waals surface area contributed by atoms with Gasteiger partial charge < -0.3 is 5.32 Å². The molecule has 1 aromatic heterocycles. The van der Waals surface area contributed by atoms with Gasteiger partial charge in [-0.2, -0.15) is 4.31 Å². The van der Waals surface area contributed by atoms with Crippen molar-refractivity contribution in [3.05, 3.63) is 53.7 Å². The summed E-state index contributed by atoms with van der Waals surface area (Å²) in [5.74, 6) is 0.872. The van der Waals surface area contributed by atoms with Crippen molar-refractivity contribution >= 4 is 15.8 Å². The Morgan fingerprint density at radius 3 is 2.48 bits per heavy atom. The van der Waals surface area contributed by atoms with E-state index in [9.17, 15) is 8.42 Å². The molecule has 1 aliphatic heterocycles. The Morgan fingerprint density at radius 1 is 1.08 bits per heavy atom. The number of aromatic nitrogens is 1. The molecule has 1 saturated carbocycles. The molecular weight excluding hydrogens is 334 g/mol. The van der Waals surface area contributed by atoms with E-state index in [1.54, 1.807) is 16.4 Å². The molecule has 0 radical (unpaired) electrons. The fourth-order valence-electron chi connectivity index (χ4n) is 3.33. The lowest BCUT2D eigenvalue weighted by Gasteiger charge is -2.24. The maximum absolute atomic E-state index is 13.0. The number of nitrogens with one attached hydrogen (secondary N) is 1. The smallest absolute Gasteiger partial charge is 0.243 e. The van der Waals surface area contributed by atoms with Crippen LogP contribution in [0, 0.1) is 6.92 Å². The quantitative estimate of drug-likeness (QED) is 0.890. The van der Waals surface area contributed by atoms with Crippen molar-refractivity contribution in [1.82, 2.24) is 9.29 Å². The van der Waals surface area contributed by atoms with Gasteiger partial charge >= 0.3 is 0 Å². The summed E-state index contributed by atoms with van der Waals surface area (Å²) in [4.78, 5) is 4.84. The minimum Gasteiger partial charge on any atom is -0.367 e. The van der Waals surface area contributed by atoms with Crippen molar-refractivity contribution in [2.45, 2.75) is 49.6 Å². The topological polar surface area (TPSA) is 62.3 Å². The van der Waals surface area contributed by atoms with Crippen LogP contribution in [-0.2, 0) is 10.0 Å². The van der Waals surface area contributed by atoms with E-state index in [4.69, 9.17) is 0 Å². The van der Waals surface area contributed by atoms with Gasteiger partial charge in [0.2, 0.25) is 10.0 Å². The zero-order valence-electron chi connectivity index (χ0n) is 14.4. The van der Waals surface area contributed by atoms with Crippen LogP contribution < -0.4 is 5.32 Å². The Hall–Kier alpha value is -1.92. The first kappa shape index (κ1) is 16.5. The van der Waals surface area contributed by atoms with Gasteiger partial charge in [0.15, 0.2) is 0 Å². The van der Waals surface area contributed by atoms with E-state index in [1.807, 2.05) is 37.4 Å². The van der Waals surface area contributed by atoms with Gasteiger partial charge in [-0.15, -0.1) is 0 Å². The van der Waals surface area contributed by atoms with Gasteiger partial charge in [0.05, 0.1) is 10.9 Å². The van der Waals surface area contributed by atoms with E-state index >= 15 is 0 Å². The Bertz CT molecular complexity index is 843. The number of aryl methyl sites for hydroxylation is 1. The van der Waals surface area contributed by atoms with Gasteiger partial charge in [-0.25, -0.2) is 13.4 Å². The molecule has 4 rings (SSSR count). The van der Waals surface area contributed by atoms with E-state index in [0.29, 0.717) is 17.5 Å². The van der Waals surface area contributed by atoms with E-state index < -0.39 is 10.0 Å². The highest BCUT2D eigenvalue weighted by Crippen LogP contribution is 2.36. The third-order valence-corrected chi connectivity index (χ3v) is 6.85. The predicted octanol–water partition coefficient (Wildman–Crippen LogP) is 3.49. The van der Waals surface area contributed by atoms with Crippen LogP contribution in [0.15, 0.2) is 47.5 Å². The van der Waals surface area contributed by atoms with Crippen molar-refractivity contribution in [3.8, 4) is 0 Å². The molecule has 0 bridgehead atoms. The Labute approximate surface area is 149 Å². The van der Waals surface area contributed by atoms with Crippen LogP contribution in [0.5, 0.6) is 0 Å². The number of hydrogen-bond donors (Lipinski definition) is 1. The minimum atomic E-state index is -3.48. The lowest BCUT2D eigenvalue weighted by atomic mass is 10.1. The number of pyridine rings is 1. The molecule has 1 aromatic carbocycles. The standard InChI is InChI=1S/C19H23N3O2S/c1-14-4-9-17(10-5-14)25(23,24)22-12-2-3-18(22)15-6-11-19(20-13-15)21-16-7-8-16/h4-6,9-11,13,16,18H,2-3,7-8,12H2,1H3,(H,20,21). The molecule has 1 unspecified atom stereocenters. The molecule has 2 aliphatic rings. The molecule has 5 nitrogen and oxygen atoms in total. The lowest BCUT2D eigenvalue weighted by molar-refractivity contribution is 0.396. The summed E-state index contributed by atoms with van der Waals surface area (Å²) in [5, 5.41) is 3.36. The summed E-state index contributed by atoms with van der Waals surface area (Å²) < 4.78 is 27.7. The molecule has 0 amide bonds. The van der Waals surface area contributed by atoms with Crippen molar-refractivity contribution in [3.63, 3.8) is 0 Å². The molecule has 6 heteroatoms. The predicted molar refractivity (Wildman–Crippen MR) is 97.9 cm³/mol. The zero-order chi connectivity index (χ0) is 17.4. The highest BCUT2D eigenvalue weighted by atomic mass is 32.2. The second-order valence-corrected chi connectivity index (χ2v) is 8.87. The van der Waals surface area contributed by atoms with E-state index in [0.717, 1.165) is 29.8 Å². The summed E-state index contributed by atoms with van der Waals surface area (Å²) in [6, 6.07) is 11.5. The first-order chi connectivity index (χ1) is 12.0. The normalized spacial score (nSPS) is 21.4. The monoisotopic (exact) mass is 357 g/mol. The molecule has 132 valence electrons. The first-order valence-corrected chi connectivity index (χ1v) is 10.3. The average Bonchev–Trinajstić information content (AvgIpc) is 3.27. The van der Waals surface area contributed by atoms with E-state index in [2.05, 4.69) is 10.3 Å². The summed E-state index contributed by atoms with van der Waals surface area (Å²) >= 11 is 0. The maximum Gasteiger partial charge on any atom is 0.243 e. The van der Waals surface area contributed by atoms with Crippen molar-refractivity contribution in [2.75, 3.05) is 11.9 Å². The fourth-order valence-corrected chi connectivity index (χ4v) is 5.01. The van der Waals surface area contributed by atoms with Crippen LogP contribution in [0.4, 0.5) is 5.82 Å². The number of sulfonamides is 1.